The predicted octanol–water partition coefficient (Wildman–Crippen LogP) is 1.48. The minimum atomic E-state index is -0.0220. The lowest BCUT2D eigenvalue weighted by Crippen LogP contribution is -2.47. The van der Waals surface area contributed by atoms with Gasteiger partial charge in [0.05, 0.1) is 0 Å². The third-order valence-electron chi connectivity index (χ3n) is 1.53. The van der Waals surface area contributed by atoms with Crippen LogP contribution in [0.3, 0.4) is 0 Å². The van der Waals surface area contributed by atoms with Crippen molar-refractivity contribution in [2.75, 3.05) is 14.1 Å². The summed E-state index contributed by atoms with van der Waals surface area (Å²) >= 11 is 11.6. The summed E-state index contributed by atoms with van der Waals surface area (Å²) in [4.78, 5) is 3.75. The van der Waals surface area contributed by atoms with Gasteiger partial charge in [0.15, 0.2) is 0 Å². The second kappa shape index (κ2) is 4.50. The second-order valence-corrected chi connectivity index (χ2v) is 3.56. The van der Waals surface area contributed by atoms with E-state index in [0.29, 0.717) is 0 Å². The molecule has 58 valence electrons. The van der Waals surface area contributed by atoms with E-state index in [1.165, 1.54) is 0 Å². The summed E-state index contributed by atoms with van der Waals surface area (Å²) in [5.74, 6) is 0. The van der Waals surface area contributed by atoms with E-state index in [-0.39, 0.29) is 12.5 Å². The van der Waals surface area contributed by atoms with Crippen molar-refractivity contribution >= 4 is 35.4 Å². The first-order valence-corrected chi connectivity index (χ1v) is 4.07. The van der Waals surface area contributed by atoms with E-state index in [9.17, 15) is 0 Å². The van der Waals surface area contributed by atoms with E-state index in [2.05, 4.69) is 0 Å². The van der Waals surface area contributed by atoms with Gasteiger partial charge >= 0.3 is 12.5 Å². The van der Waals surface area contributed by atoms with Gasteiger partial charge in [-0.1, -0.05) is 13.6 Å². The lowest BCUT2D eigenvalue weighted by atomic mass is 9.91. The SMILES string of the molecule is CB(Cl)N(C)N(C)B(C)Cl. The van der Waals surface area contributed by atoms with E-state index >= 15 is 0 Å². The van der Waals surface area contributed by atoms with Gasteiger partial charge in [0.2, 0.25) is 0 Å². The van der Waals surface area contributed by atoms with Gasteiger partial charge in [0.1, 0.15) is 0 Å². The van der Waals surface area contributed by atoms with Crippen molar-refractivity contribution in [3.8, 4) is 0 Å². The van der Waals surface area contributed by atoms with E-state index in [1.807, 2.05) is 37.6 Å². The molecular formula is C4H12B2Cl2N2. The van der Waals surface area contributed by atoms with Gasteiger partial charge in [-0.2, -0.15) is 22.9 Å². The van der Waals surface area contributed by atoms with Crippen LogP contribution in [-0.4, -0.2) is 36.5 Å². The fraction of sp³-hybridized carbons (Fsp3) is 1.00. The Bertz CT molecular complexity index is 89.3. The highest BCUT2D eigenvalue weighted by molar-refractivity contribution is 7.06. The molecule has 0 aromatic carbocycles. The molecular weight excluding hydrogens is 169 g/mol. The first-order chi connectivity index (χ1) is 4.46. The first-order valence-electron chi connectivity index (χ1n) is 3.20. The van der Waals surface area contributed by atoms with Crippen LogP contribution in [0.1, 0.15) is 0 Å². The number of rotatable bonds is 3. The molecule has 0 aliphatic heterocycles. The Balaban J connectivity index is 3.81. The van der Waals surface area contributed by atoms with E-state index < -0.39 is 0 Å². The summed E-state index contributed by atoms with van der Waals surface area (Å²) < 4.78 is 0. The Morgan fingerprint density at radius 2 is 1.10 bits per heavy atom. The van der Waals surface area contributed by atoms with Gasteiger partial charge in [-0.15, -0.1) is 0 Å². The maximum Gasteiger partial charge on any atom is 0.340 e. The van der Waals surface area contributed by atoms with Crippen LogP contribution in [0.25, 0.3) is 0 Å². The molecule has 0 unspecified atom stereocenters. The number of nitrogens with zero attached hydrogens (tertiary/aromatic N) is 2. The van der Waals surface area contributed by atoms with Crippen LogP contribution in [0, 0.1) is 0 Å². The molecule has 0 N–H and O–H groups in total. The molecule has 0 rings (SSSR count). The molecule has 0 saturated heterocycles. The average Bonchev–Trinajstić information content (AvgIpc) is 1.84. The highest BCUT2D eigenvalue weighted by Gasteiger charge is 2.20. The van der Waals surface area contributed by atoms with Gasteiger partial charge in [-0.05, 0) is 14.1 Å². The van der Waals surface area contributed by atoms with Gasteiger partial charge in [-0.3, -0.25) is 9.84 Å². The van der Waals surface area contributed by atoms with Gasteiger partial charge in [-0.25, -0.2) is 0 Å². The number of hydrogen-bond donors (Lipinski definition) is 0. The molecule has 0 spiro atoms. The van der Waals surface area contributed by atoms with Crippen molar-refractivity contribution < 1.29 is 0 Å². The van der Waals surface area contributed by atoms with Crippen molar-refractivity contribution in [2.45, 2.75) is 13.6 Å². The van der Waals surface area contributed by atoms with Crippen molar-refractivity contribution in [3.05, 3.63) is 0 Å². The smallest absolute Gasteiger partial charge is 0.277 e. The maximum absolute atomic E-state index is 5.79. The van der Waals surface area contributed by atoms with E-state index in [1.54, 1.807) is 0 Å². The van der Waals surface area contributed by atoms with E-state index in [0.717, 1.165) is 0 Å². The third-order valence-corrected chi connectivity index (χ3v) is 2.09. The Hall–Kier alpha value is 0.630. The van der Waals surface area contributed by atoms with Crippen molar-refractivity contribution in [1.29, 1.82) is 0 Å². The Labute approximate surface area is 73.5 Å². The van der Waals surface area contributed by atoms with Gasteiger partial charge in [0, 0.05) is 0 Å². The lowest BCUT2D eigenvalue weighted by molar-refractivity contribution is 0.239. The Morgan fingerprint density at radius 3 is 1.20 bits per heavy atom. The van der Waals surface area contributed by atoms with Crippen molar-refractivity contribution in [3.63, 3.8) is 0 Å². The molecule has 0 fully saturated rings. The molecule has 0 heterocycles. The highest BCUT2D eigenvalue weighted by atomic mass is 35.5. The largest absolute Gasteiger partial charge is 0.340 e. The molecule has 0 saturated carbocycles. The standard InChI is InChI=1S/C4H12B2Cl2N2/c1-5(7)9(3)10(4)6(2)8/h1-4H3. The molecule has 0 radical (unpaired) electrons. The minimum Gasteiger partial charge on any atom is -0.277 e. The topological polar surface area (TPSA) is 6.48 Å². The molecule has 0 bridgehead atoms. The van der Waals surface area contributed by atoms with Gasteiger partial charge < -0.3 is 0 Å². The lowest BCUT2D eigenvalue weighted by Gasteiger charge is -2.29. The fourth-order valence-electron chi connectivity index (χ4n) is 0.502. The van der Waals surface area contributed by atoms with E-state index in [4.69, 9.17) is 22.9 Å². The van der Waals surface area contributed by atoms with Crippen LogP contribution in [0.15, 0.2) is 0 Å². The third kappa shape index (κ3) is 3.15. The molecule has 10 heavy (non-hydrogen) atoms. The second-order valence-electron chi connectivity index (χ2n) is 2.30. The molecule has 6 heteroatoms. The summed E-state index contributed by atoms with van der Waals surface area (Å²) in [6.45, 7) is 3.80. The molecule has 0 amide bonds. The normalized spacial score (nSPS) is 10.8. The summed E-state index contributed by atoms with van der Waals surface area (Å²) in [6, 6.07) is 0. The predicted molar refractivity (Wildman–Crippen MR) is 50.5 cm³/mol. The molecule has 0 aliphatic rings. The van der Waals surface area contributed by atoms with Crippen LogP contribution >= 0.6 is 22.9 Å². The summed E-state index contributed by atoms with van der Waals surface area (Å²) in [5, 5.41) is 0. The number of hydrogen-bond acceptors (Lipinski definition) is 2. The summed E-state index contributed by atoms with van der Waals surface area (Å²) in [7, 11) is 3.80. The minimum absolute atomic E-state index is 0.0220. The molecule has 0 aromatic rings. The maximum atomic E-state index is 5.79. The van der Waals surface area contributed by atoms with Crippen LogP contribution in [0.4, 0.5) is 0 Å². The summed E-state index contributed by atoms with van der Waals surface area (Å²) in [5.41, 5.74) is 0. The first kappa shape index (κ1) is 10.6. The average molecular weight is 181 g/mol. The monoisotopic (exact) mass is 180 g/mol. The zero-order valence-corrected chi connectivity index (χ0v) is 8.32. The molecule has 0 aromatic heterocycles. The zero-order valence-electron chi connectivity index (χ0n) is 6.81. The van der Waals surface area contributed by atoms with Crippen LogP contribution < -0.4 is 0 Å². The van der Waals surface area contributed by atoms with Crippen LogP contribution in [0.5, 0.6) is 0 Å². The number of halogens is 2. The molecule has 0 aliphatic carbocycles. The highest BCUT2D eigenvalue weighted by Crippen LogP contribution is 2.03. The Kier molecular flexibility index (Phi) is 4.78. The fourth-order valence-corrected chi connectivity index (χ4v) is 0.777. The van der Waals surface area contributed by atoms with Gasteiger partial charge in [0.25, 0.3) is 0 Å². The van der Waals surface area contributed by atoms with Crippen LogP contribution in [0.2, 0.25) is 13.6 Å². The quantitative estimate of drug-likeness (QED) is 0.480. The van der Waals surface area contributed by atoms with Crippen molar-refractivity contribution in [2.24, 2.45) is 0 Å². The zero-order chi connectivity index (χ0) is 8.31. The Morgan fingerprint density at radius 1 is 0.900 bits per heavy atom. The molecule has 0 atom stereocenters. The van der Waals surface area contributed by atoms with Crippen molar-refractivity contribution in [1.82, 2.24) is 9.84 Å². The number of hydrazine groups is 1. The molecule has 2 nitrogen and oxygen atoms in total. The summed E-state index contributed by atoms with van der Waals surface area (Å²) in [6.07, 6.45) is -0.0441. The van der Waals surface area contributed by atoms with Crippen LogP contribution in [-0.2, 0) is 0 Å².